The average Bonchev–Trinajstić information content (AvgIpc) is 2.29. The summed E-state index contributed by atoms with van der Waals surface area (Å²) in [6.45, 7) is 3.90. The quantitative estimate of drug-likeness (QED) is 0.772. The summed E-state index contributed by atoms with van der Waals surface area (Å²) in [5, 5.41) is 12.1. The van der Waals surface area contributed by atoms with Crippen LogP contribution in [-0.2, 0) is 4.79 Å². The summed E-state index contributed by atoms with van der Waals surface area (Å²) in [4.78, 5) is 15.2. The van der Waals surface area contributed by atoms with Crippen molar-refractivity contribution in [3.63, 3.8) is 0 Å². The summed E-state index contributed by atoms with van der Waals surface area (Å²) in [6, 6.07) is 5.09. The molecule has 0 aromatic carbocycles. The third-order valence-electron chi connectivity index (χ3n) is 2.46. The number of aliphatic carboxylic acids is 1. The number of rotatable bonds is 6. The lowest BCUT2D eigenvalue weighted by atomic mass is 10.1. The molecule has 4 heteroatoms. The van der Waals surface area contributed by atoms with Gasteiger partial charge in [-0.05, 0) is 25.5 Å². The second kappa shape index (κ2) is 6.23. The van der Waals surface area contributed by atoms with Crippen molar-refractivity contribution in [1.29, 1.82) is 0 Å². The monoisotopic (exact) mass is 222 g/mol. The Bertz CT molecular complexity index is 327. The topological polar surface area (TPSA) is 62.2 Å². The standard InChI is InChI=1S/C12H18N2O2/c1-3-6-11(12(15)16)14-9(2)10-7-4-5-8-13-10/h4-5,7-9,11,14H,3,6H2,1-2H3,(H,15,16)/t9-,11?/m0/s1. The molecule has 16 heavy (non-hydrogen) atoms. The Hall–Kier alpha value is -1.42. The normalized spacial score (nSPS) is 14.4. The van der Waals surface area contributed by atoms with Gasteiger partial charge in [-0.3, -0.25) is 15.1 Å². The van der Waals surface area contributed by atoms with E-state index in [0.717, 1.165) is 12.1 Å². The van der Waals surface area contributed by atoms with Crippen LogP contribution in [0, 0.1) is 0 Å². The Morgan fingerprint density at radius 3 is 2.81 bits per heavy atom. The van der Waals surface area contributed by atoms with Gasteiger partial charge in [0.25, 0.3) is 0 Å². The van der Waals surface area contributed by atoms with Crippen molar-refractivity contribution >= 4 is 5.97 Å². The van der Waals surface area contributed by atoms with E-state index in [4.69, 9.17) is 5.11 Å². The first-order valence-electron chi connectivity index (χ1n) is 5.55. The predicted molar refractivity (Wildman–Crippen MR) is 62.1 cm³/mol. The number of hydrogen-bond donors (Lipinski definition) is 2. The molecule has 2 N–H and O–H groups in total. The number of hydrogen-bond acceptors (Lipinski definition) is 3. The third-order valence-corrected chi connectivity index (χ3v) is 2.46. The minimum atomic E-state index is -0.801. The molecule has 4 nitrogen and oxygen atoms in total. The highest BCUT2D eigenvalue weighted by atomic mass is 16.4. The lowest BCUT2D eigenvalue weighted by Crippen LogP contribution is -2.38. The third kappa shape index (κ3) is 3.62. The highest BCUT2D eigenvalue weighted by molar-refractivity contribution is 5.73. The zero-order valence-corrected chi connectivity index (χ0v) is 9.68. The molecular weight excluding hydrogens is 204 g/mol. The number of nitrogens with zero attached hydrogens (tertiary/aromatic N) is 1. The van der Waals surface area contributed by atoms with Crippen LogP contribution >= 0.6 is 0 Å². The van der Waals surface area contributed by atoms with Gasteiger partial charge < -0.3 is 5.11 Å². The second-order valence-electron chi connectivity index (χ2n) is 3.82. The second-order valence-corrected chi connectivity index (χ2v) is 3.82. The van der Waals surface area contributed by atoms with Crippen molar-refractivity contribution < 1.29 is 9.90 Å². The van der Waals surface area contributed by atoms with Crippen LogP contribution in [0.5, 0.6) is 0 Å². The molecule has 1 aromatic heterocycles. The first kappa shape index (κ1) is 12.6. The summed E-state index contributed by atoms with van der Waals surface area (Å²) in [5.41, 5.74) is 0.866. The summed E-state index contributed by atoms with van der Waals surface area (Å²) in [5.74, 6) is -0.801. The molecule has 1 rings (SSSR count). The van der Waals surface area contributed by atoms with E-state index in [1.807, 2.05) is 32.0 Å². The number of carboxylic acids is 1. The molecule has 0 aliphatic carbocycles. The van der Waals surface area contributed by atoms with Gasteiger partial charge in [-0.15, -0.1) is 0 Å². The van der Waals surface area contributed by atoms with E-state index in [0.29, 0.717) is 6.42 Å². The van der Waals surface area contributed by atoms with Crippen LogP contribution in [0.15, 0.2) is 24.4 Å². The van der Waals surface area contributed by atoms with Crippen LogP contribution < -0.4 is 5.32 Å². The van der Waals surface area contributed by atoms with Crippen LogP contribution in [0.25, 0.3) is 0 Å². The van der Waals surface area contributed by atoms with Crippen molar-refractivity contribution in [2.75, 3.05) is 0 Å². The van der Waals surface area contributed by atoms with Crippen LogP contribution in [0.3, 0.4) is 0 Å². The number of carbonyl (C=O) groups is 1. The SMILES string of the molecule is CCCC(N[C@@H](C)c1ccccn1)C(=O)O. The number of carboxylic acid groups (broad SMARTS) is 1. The van der Waals surface area contributed by atoms with Gasteiger partial charge in [-0.1, -0.05) is 19.4 Å². The van der Waals surface area contributed by atoms with E-state index >= 15 is 0 Å². The molecule has 0 amide bonds. The van der Waals surface area contributed by atoms with E-state index in [2.05, 4.69) is 10.3 Å². The number of nitrogens with one attached hydrogen (secondary N) is 1. The average molecular weight is 222 g/mol. The zero-order valence-electron chi connectivity index (χ0n) is 9.68. The first-order chi connectivity index (χ1) is 7.65. The Kier molecular flexibility index (Phi) is 4.92. The van der Waals surface area contributed by atoms with Crippen LogP contribution in [0.1, 0.15) is 38.4 Å². The molecule has 1 unspecified atom stereocenters. The molecule has 2 atom stereocenters. The predicted octanol–water partition coefficient (Wildman–Crippen LogP) is 1.99. The molecule has 0 saturated heterocycles. The molecule has 1 aromatic rings. The van der Waals surface area contributed by atoms with Gasteiger partial charge in [0, 0.05) is 12.2 Å². The lowest BCUT2D eigenvalue weighted by Gasteiger charge is -2.19. The van der Waals surface area contributed by atoms with Crippen LogP contribution in [0.2, 0.25) is 0 Å². The van der Waals surface area contributed by atoms with Gasteiger partial charge >= 0.3 is 5.97 Å². The molecular formula is C12H18N2O2. The van der Waals surface area contributed by atoms with E-state index in [1.165, 1.54) is 0 Å². The van der Waals surface area contributed by atoms with Gasteiger partial charge in [0.2, 0.25) is 0 Å². The molecule has 1 heterocycles. The van der Waals surface area contributed by atoms with E-state index in [-0.39, 0.29) is 6.04 Å². The Labute approximate surface area is 95.7 Å². The van der Waals surface area contributed by atoms with Crippen LogP contribution in [-0.4, -0.2) is 22.1 Å². The minimum absolute atomic E-state index is 0.0474. The smallest absolute Gasteiger partial charge is 0.320 e. The summed E-state index contributed by atoms with van der Waals surface area (Å²) in [7, 11) is 0. The van der Waals surface area contributed by atoms with E-state index < -0.39 is 12.0 Å². The molecule has 0 spiro atoms. The van der Waals surface area contributed by atoms with E-state index in [9.17, 15) is 4.79 Å². The minimum Gasteiger partial charge on any atom is -0.480 e. The van der Waals surface area contributed by atoms with Gasteiger partial charge in [0.15, 0.2) is 0 Å². The fraction of sp³-hybridized carbons (Fsp3) is 0.500. The van der Waals surface area contributed by atoms with Crippen molar-refractivity contribution in [3.8, 4) is 0 Å². The largest absolute Gasteiger partial charge is 0.480 e. The Balaban J connectivity index is 2.61. The molecule has 0 radical (unpaired) electrons. The Morgan fingerprint density at radius 1 is 1.56 bits per heavy atom. The molecule has 0 saturated carbocycles. The van der Waals surface area contributed by atoms with Gasteiger partial charge in [0.05, 0.1) is 5.69 Å². The number of aromatic nitrogens is 1. The summed E-state index contributed by atoms with van der Waals surface area (Å²) >= 11 is 0. The van der Waals surface area contributed by atoms with Gasteiger partial charge in [-0.2, -0.15) is 0 Å². The van der Waals surface area contributed by atoms with Crippen molar-refractivity contribution in [3.05, 3.63) is 30.1 Å². The highest BCUT2D eigenvalue weighted by Crippen LogP contribution is 2.10. The Morgan fingerprint density at radius 2 is 2.31 bits per heavy atom. The molecule has 0 bridgehead atoms. The molecule has 88 valence electrons. The molecule has 0 fully saturated rings. The van der Waals surface area contributed by atoms with Crippen molar-refractivity contribution in [2.45, 2.75) is 38.8 Å². The first-order valence-corrected chi connectivity index (χ1v) is 5.55. The molecule has 0 aliphatic heterocycles. The highest BCUT2D eigenvalue weighted by Gasteiger charge is 2.19. The van der Waals surface area contributed by atoms with Crippen LogP contribution in [0.4, 0.5) is 0 Å². The summed E-state index contributed by atoms with van der Waals surface area (Å²) < 4.78 is 0. The van der Waals surface area contributed by atoms with Gasteiger partial charge in [-0.25, -0.2) is 0 Å². The fourth-order valence-electron chi connectivity index (χ4n) is 1.59. The maximum Gasteiger partial charge on any atom is 0.320 e. The maximum absolute atomic E-state index is 11.0. The summed E-state index contributed by atoms with van der Waals surface area (Å²) in [6.07, 6.45) is 3.19. The lowest BCUT2D eigenvalue weighted by molar-refractivity contribution is -0.139. The van der Waals surface area contributed by atoms with E-state index in [1.54, 1.807) is 6.20 Å². The van der Waals surface area contributed by atoms with Crippen molar-refractivity contribution in [2.24, 2.45) is 0 Å². The zero-order chi connectivity index (χ0) is 12.0. The molecule has 0 aliphatic rings. The number of pyridine rings is 1. The van der Waals surface area contributed by atoms with Crippen molar-refractivity contribution in [1.82, 2.24) is 10.3 Å². The fourth-order valence-corrected chi connectivity index (χ4v) is 1.59. The van der Waals surface area contributed by atoms with Gasteiger partial charge in [0.1, 0.15) is 6.04 Å². The maximum atomic E-state index is 11.0.